The zero-order valence-electron chi connectivity index (χ0n) is 22.5. The van der Waals surface area contributed by atoms with Crippen molar-refractivity contribution in [2.45, 2.75) is 33.6 Å². The first kappa shape index (κ1) is 28.0. The topological polar surface area (TPSA) is 103 Å². The molecule has 0 saturated heterocycles. The first-order valence-corrected chi connectivity index (χ1v) is 14.2. The number of anilines is 2. The number of para-hydroxylation sites is 2. The maximum absolute atomic E-state index is 13.6. The first-order valence-electron chi connectivity index (χ1n) is 12.3. The fraction of sp³-hybridized carbons (Fsp3) is 0.233. The van der Waals surface area contributed by atoms with Gasteiger partial charge in [0.05, 0.1) is 41.1 Å². The number of nitriles is 1. The quantitative estimate of drug-likeness (QED) is 0.296. The number of allylic oxidation sites excluding steroid dienone is 2. The van der Waals surface area contributed by atoms with Gasteiger partial charge >= 0.3 is 0 Å². The van der Waals surface area contributed by atoms with Crippen LogP contribution in [0.1, 0.15) is 34.4 Å². The number of carbonyl (C=O) groups is 2. The lowest BCUT2D eigenvalue weighted by molar-refractivity contribution is -0.114. The molecule has 3 N–H and O–H groups in total. The van der Waals surface area contributed by atoms with E-state index in [0.29, 0.717) is 33.3 Å². The molecule has 7 nitrogen and oxygen atoms in total. The molecule has 0 unspecified atom stereocenters. The number of thioether (sulfide) groups is 1. The Morgan fingerprint density at radius 1 is 1.08 bits per heavy atom. The van der Waals surface area contributed by atoms with E-state index in [4.69, 9.17) is 4.74 Å². The largest absolute Gasteiger partial charge is 0.495 e. The number of ether oxygens (including phenoxy) is 1. The number of rotatable bonds is 8. The van der Waals surface area contributed by atoms with E-state index in [-0.39, 0.29) is 17.6 Å². The molecule has 200 valence electrons. The third-order valence-corrected chi connectivity index (χ3v) is 8.32. The van der Waals surface area contributed by atoms with Crippen LogP contribution in [0.3, 0.4) is 0 Å². The highest BCUT2D eigenvalue weighted by atomic mass is 32.2. The molecule has 1 aliphatic heterocycles. The molecule has 4 rings (SSSR count). The van der Waals surface area contributed by atoms with Crippen LogP contribution in [-0.4, -0.2) is 24.7 Å². The van der Waals surface area contributed by atoms with E-state index in [0.717, 1.165) is 27.3 Å². The van der Waals surface area contributed by atoms with Gasteiger partial charge in [-0.25, -0.2) is 0 Å². The van der Waals surface area contributed by atoms with Crippen LogP contribution in [0.2, 0.25) is 0 Å². The summed E-state index contributed by atoms with van der Waals surface area (Å²) in [5, 5.41) is 21.9. The molecule has 1 aliphatic rings. The highest BCUT2D eigenvalue weighted by Gasteiger charge is 2.35. The van der Waals surface area contributed by atoms with E-state index in [1.165, 1.54) is 23.1 Å². The van der Waals surface area contributed by atoms with Crippen LogP contribution in [0, 0.1) is 32.1 Å². The number of aryl methyl sites for hydroxylation is 3. The lowest BCUT2D eigenvalue weighted by Crippen LogP contribution is -2.31. The molecular formula is C30H30N4O3S2. The summed E-state index contributed by atoms with van der Waals surface area (Å²) in [4.78, 5) is 27.4. The fourth-order valence-electron chi connectivity index (χ4n) is 4.70. The maximum atomic E-state index is 13.6. The Balaban J connectivity index is 1.60. The van der Waals surface area contributed by atoms with Crippen LogP contribution in [-0.2, 0) is 9.59 Å². The third-order valence-electron chi connectivity index (χ3n) is 6.36. The van der Waals surface area contributed by atoms with Crippen LogP contribution in [0.15, 0.2) is 75.8 Å². The summed E-state index contributed by atoms with van der Waals surface area (Å²) in [6, 6.07) is 17.4. The molecule has 0 saturated carbocycles. The fourth-order valence-corrected chi connectivity index (χ4v) is 6.43. The molecule has 0 fully saturated rings. The van der Waals surface area contributed by atoms with Gasteiger partial charge in [-0.2, -0.15) is 5.26 Å². The molecule has 39 heavy (non-hydrogen) atoms. The minimum atomic E-state index is -0.571. The maximum Gasteiger partial charge on any atom is 0.254 e. The zero-order chi connectivity index (χ0) is 28.1. The summed E-state index contributed by atoms with van der Waals surface area (Å²) in [5.41, 5.74) is 5.94. The minimum Gasteiger partial charge on any atom is -0.495 e. The molecule has 2 heterocycles. The van der Waals surface area contributed by atoms with Crippen LogP contribution >= 0.6 is 23.1 Å². The van der Waals surface area contributed by atoms with Gasteiger partial charge < -0.3 is 20.7 Å². The van der Waals surface area contributed by atoms with Gasteiger partial charge in [-0.1, -0.05) is 47.7 Å². The summed E-state index contributed by atoms with van der Waals surface area (Å²) >= 11 is 2.73. The molecule has 0 spiro atoms. The minimum absolute atomic E-state index is 0.105. The Morgan fingerprint density at radius 3 is 2.44 bits per heavy atom. The van der Waals surface area contributed by atoms with Crippen molar-refractivity contribution in [1.82, 2.24) is 5.32 Å². The molecular weight excluding hydrogens is 528 g/mol. The predicted octanol–water partition coefficient (Wildman–Crippen LogP) is 6.39. The number of hydrogen-bond donors (Lipinski definition) is 3. The van der Waals surface area contributed by atoms with Gasteiger partial charge in [0.25, 0.3) is 5.91 Å². The molecule has 2 amide bonds. The standard InChI is InChI=1S/C30H30N4O3S2/c1-17-13-18(2)28(19(3)14-17)34-25(35)16-39-30-21(15-31)27(24-11-8-12-38-24)26(20(4)32-30)29(36)33-22-9-6-7-10-23(22)37-5/h6-14,27,32H,16H2,1-5H3,(H,33,36)(H,34,35)/t27-/m0/s1. The lowest BCUT2D eigenvalue weighted by Gasteiger charge is -2.29. The summed E-state index contributed by atoms with van der Waals surface area (Å²) < 4.78 is 5.39. The predicted molar refractivity (Wildman–Crippen MR) is 159 cm³/mol. The second kappa shape index (κ2) is 12.2. The van der Waals surface area contributed by atoms with E-state index in [1.807, 2.05) is 69.5 Å². The highest BCUT2D eigenvalue weighted by molar-refractivity contribution is 8.03. The summed E-state index contributed by atoms with van der Waals surface area (Å²) in [6.07, 6.45) is 0. The molecule has 2 aromatic carbocycles. The van der Waals surface area contributed by atoms with Crippen molar-refractivity contribution in [3.63, 3.8) is 0 Å². The smallest absolute Gasteiger partial charge is 0.254 e. The van der Waals surface area contributed by atoms with Gasteiger partial charge in [0.2, 0.25) is 5.91 Å². The van der Waals surface area contributed by atoms with Gasteiger partial charge in [0, 0.05) is 21.8 Å². The zero-order valence-corrected chi connectivity index (χ0v) is 24.1. The van der Waals surface area contributed by atoms with Crippen LogP contribution in [0.5, 0.6) is 5.75 Å². The monoisotopic (exact) mass is 558 g/mol. The second-order valence-electron chi connectivity index (χ2n) is 9.23. The Bertz CT molecular complexity index is 1490. The Morgan fingerprint density at radius 2 is 1.79 bits per heavy atom. The van der Waals surface area contributed by atoms with E-state index in [2.05, 4.69) is 22.0 Å². The van der Waals surface area contributed by atoms with Gasteiger partial charge in [-0.3, -0.25) is 9.59 Å². The number of hydrogen-bond acceptors (Lipinski definition) is 7. The number of amides is 2. The highest BCUT2D eigenvalue weighted by Crippen LogP contribution is 2.42. The normalized spacial score (nSPS) is 14.9. The average molecular weight is 559 g/mol. The molecule has 0 aliphatic carbocycles. The Kier molecular flexibility index (Phi) is 8.79. The number of nitrogens with zero attached hydrogens (tertiary/aromatic N) is 1. The number of methoxy groups -OCH3 is 1. The van der Waals surface area contributed by atoms with Crippen molar-refractivity contribution in [3.05, 3.63) is 97.4 Å². The van der Waals surface area contributed by atoms with E-state index < -0.39 is 5.92 Å². The summed E-state index contributed by atoms with van der Waals surface area (Å²) in [6.45, 7) is 7.78. The Labute approximate surface area is 237 Å². The molecule has 0 radical (unpaired) electrons. The number of benzene rings is 2. The molecule has 1 atom stereocenters. The van der Waals surface area contributed by atoms with Crippen LogP contribution in [0.25, 0.3) is 0 Å². The average Bonchev–Trinajstić information content (AvgIpc) is 3.44. The van der Waals surface area contributed by atoms with Crippen molar-refractivity contribution in [1.29, 1.82) is 5.26 Å². The molecule has 3 aromatic rings. The third kappa shape index (κ3) is 6.19. The van der Waals surface area contributed by atoms with Crippen molar-refractivity contribution < 1.29 is 14.3 Å². The SMILES string of the molecule is COc1ccccc1NC(=O)C1=C(C)NC(SCC(=O)Nc2c(C)cc(C)cc2C)=C(C#N)[C@H]1c1cccs1. The first-order chi connectivity index (χ1) is 18.7. The van der Waals surface area contributed by atoms with Gasteiger partial charge in [0.1, 0.15) is 5.75 Å². The van der Waals surface area contributed by atoms with Gasteiger partial charge in [-0.05, 0) is 62.4 Å². The summed E-state index contributed by atoms with van der Waals surface area (Å²) in [7, 11) is 1.55. The molecule has 9 heteroatoms. The van der Waals surface area contributed by atoms with E-state index >= 15 is 0 Å². The van der Waals surface area contributed by atoms with E-state index in [9.17, 15) is 14.9 Å². The van der Waals surface area contributed by atoms with Crippen molar-refractivity contribution in [2.75, 3.05) is 23.5 Å². The number of thiophene rings is 1. The molecule has 1 aromatic heterocycles. The number of carbonyl (C=O) groups excluding carboxylic acids is 2. The Hall–Kier alpha value is -4.00. The van der Waals surface area contributed by atoms with Crippen molar-refractivity contribution in [3.8, 4) is 11.8 Å². The lowest BCUT2D eigenvalue weighted by atomic mass is 9.86. The van der Waals surface area contributed by atoms with Crippen molar-refractivity contribution in [2.24, 2.45) is 0 Å². The molecule has 0 bridgehead atoms. The van der Waals surface area contributed by atoms with Crippen LogP contribution in [0.4, 0.5) is 11.4 Å². The second-order valence-corrected chi connectivity index (χ2v) is 11.2. The van der Waals surface area contributed by atoms with E-state index in [1.54, 1.807) is 19.2 Å². The van der Waals surface area contributed by atoms with Gasteiger partial charge in [-0.15, -0.1) is 11.3 Å². The van der Waals surface area contributed by atoms with Crippen molar-refractivity contribution >= 4 is 46.3 Å². The number of nitrogens with one attached hydrogen (secondary N) is 3. The van der Waals surface area contributed by atoms with Crippen LogP contribution < -0.4 is 20.7 Å². The summed E-state index contributed by atoms with van der Waals surface area (Å²) in [5.74, 6) is -0.428. The van der Waals surface area contributed by atoms with Gasteiger partial charge in [0.15, 0.2) is 0 Å². The number of dihydropyridines is 1.